The molecule has 5 nitrogen and oxygen atoms in total. The number of anilines is 2. The average molecular weight is 318 g/mol. The van der Waals surface area contributed by atoms with Gasteiger partial charge in [-0.25, -0.2) is 9.97 Å². The van der Waals surface area contributed by atoms with Gasteiger partial charge in [0.15, 0.2) is 11.6 Å². The van der Waals surface area contributed by atoms with E-state index in [9.17, 15) is 4.79 Å². The second-order valence-corrected chi connectivity index (χ2v) is 6.73. The maximum Gasteiger partial charge on any atom is 0.234 e. The van der Waals surface area contributed by atoms with Crippen molar-refractivity contribution in [1.29, 1.82) is 0 Å². The zero-order chi connectivity index (χ0) is 15.4. The highest BCUT2D eigenvalue weighted by molar-refractivity contribution is 8.00. The summed E-state index contributed by atoms with van der Waals surface area (Å²) in [5.41, 5.74) is 0.751. The van der Waals surface area contributed by atoms with Crippen molar-refractivity contribution in [3.8, 4) is 0 Å². The number of allylic oxidation sites excluding steroid dienone is 1. The smallest absolute Gasteiger partial charge is 0.234 e. The molecule has 0 unspecified atom stereocenters. The van der Waals surface area contributed by atoms with Crippen molar-refractivity contribution in [3.05, 3.63) is 11.9 Å². The summed E-state index contributed by atoms with van der Waals surface area (Å²) in [7, 11) is 0. The summed E-state index contributed by atoms with van der Waals surface area (Å²) in [5.74, 6) is 1.93. The van der Waals surface area contributed by atoms with Crippen molar-refractivity contribution in [3.63, 3.8) is 0 Å². The molecule has 3 rings (SSSR count). The standard InChI is InChI=1S/C16H22N4OS/c1-2-3-4-9-12-18-15(17-11-7-5-6-8-11)14-16(19-12)22-10-13(21)20-14/h4,9,11H,2-3,5-8,10H2,1H3,(H,20,21)(H,17,18,19)/b9-4+. The van der Waals surface area contributed by atoms with E-state index in [-0.39, 0.29) is 5.91 Å². The molecule has 1 aliphatic carbocycles. The van der Waals surface area contributed by atoms with Crippen molar-refractivity contribution in [2.45, 2.75) is 56.5 Å². The van der Waals surface area contributed by atoms with Gasteiger partial charge in [0.2, 0.25) is 5.91 Å². The Morgan fingerprint density at radius 1 is 1.36 bits per heavy atom. The zero-order valence-electron chi connectivity index (χ0n) is 12.9. The van der Waals surface area contributed by atoms with Crippen molar-refractivity contribution >= 4 is 35.3 Å². The van der Waals surface area contributed by atoms with Crippen LogP contribution in [0.25, 0.3) is 6.08 Å². The number of unbranched alkanes of at least 4 members (excludes halogenated alkanes) is 1. The molecule has 0 atom stereocenters. The Bertz CT molecular complexity index is 582. The normalized spacial score (nSPS) is 18.5. The predicted molar refractivity (Wildman–Crippen MR) is 91.2 cm³/mol. The first-order valence-electron chi connectivity index (χ1n) is 8.04. The Morgan fingerprint density at radius 2 is 2.18 bits per heavy atom. The number of amides is 1. The molecule has 1 fully saturated rings. The third kappa shape index (κ3) is 3.61. The second kappa shape index (κ2) is 7.13. The number of thioether (sulfide) groups is 1. The first-order chi connectivity index (χ1) is 10.8. The molecule has 2 aliphatic rings. The molecule has 0 bridgehead atoms. The quantitative estimate of drug-likeness (QED) is 0.811. The van der Waals surface area contributed by atoms with Crippen LogP contribution in [0.2, 0.25) is 0 Å². The summed E-state index contributed by atoms with van der Waals surface area (Å²) in [5, 5.41) is 7.30. The van der Waals surface area contributed by atoms with Crippen molar-refractivity contribution in [1.82, 2.24) is 9.97 Å². The topological polar surface area (TPSA) is 66.9 Å². The van der Waals surface area contributed by atoms with Crippen LogP contribution in [0.3, 0.4) is 0 Å². The van der Waals surface area contributed by atoms with Gasteiger partial charge in [0, 0.05) is 6.04 Å². The van der Waals surface area contributed by atoms with E-state index in [1.165, 1.54) is 37.4 Å². The summed E-state index contributed by atoms with van der Waals surface area (Å²) >= 11 is 1.49. The molecule has 0 spiro atoms. The highest BCUT2D eigenvalue weighted by Gasteiger charge is 2.24. The molecule has 2 N–H and O–H groups in total. The number of fused-ring (bicyclic) bond motifs is 1. The van der Waals surface area contributed by atoms with Crippen LogP contribution in [0.1, 0.15) is 51.3 Å². The Balaban J connectivity index is 1.89. The molecule has 1 amide bonds. The first kappa shape index (κ1) is 15.3. The lowest BCUT2D eigenvalue weighted by molar-refractivity contribution is -0.113. The van der Waals surface area contributed by atoms with Crippen LogP contribution in [0.4, 0.5) is 11.5 Å². The molecule has 0 aromatic carbocycles. The molecule has 1 aliphatic heterocycles. The third-order valence-corrected chi connectivity index (χ3v) is 4.89. The Morgan fingerprint density at radius 3 is 2.95 bits per heavy atom. The molecule has 1 aromatic rings. The van der Waals surface area contributed by atoms with Crippen LogP contribution in [0, 0.1) is 0 Å². The molecular formula is C16H22N4OS. The van der Waals surface area contributed by atoms with Gasteiger partial charge in [0.1, 0.15) is 10.7 Å². The Kier molecular flexibility index (Phi) is 4.97. The minimum absolute atomic E-state index is 0.0184. The van der Waals surface area contributed by atoms with E-state index in [1.54, 1.807) is 0 Å². The van der Waals surface area contributed by atoms with Crippen LogP contribution in [0.15, 0.2) is 11.1 Å². The van der Waals surface area contributed by atoms with Gasteiger partial charge in [-0.15, -0.1) is 0 Å². The van der Waals surface area contributed by atoms with Gasteiger partial charge >= 0.3 is 0 Å². The van der Waals surface area contributed by atoms with Crippen LogP contribution < -0.4 is 10.6 Å². The highest BCUT2D eigenvalue weighted by atomic mass is 32.2. The predicted octanol–water partition coefficient (Wildman–Crippen LogP) is 3.69. The molecule has 2 heterocycles. The first-order valence-corrected chi connectivity index (χ1v) is 9.02. The van der Waals surface area contributed by atoms with Gasteiger partial charge in [0.05, 0.1) is 5.75 Å². The fraction of sp³-hybridized carbons (Fsp3) is 0.562. The van der Waals surface area contributed by atoms with Crippen molar-refractivity contribution in [2.24, 2.45) is 0 Å². The van der Waals surface area contributed by atoms with E-state index in [2.05, 4.69) is 33.6 Å². The number of carbonyl (C=O) groups is 1. The minimum Gasteiger partial charge on any atom is -0.365 e. The Labute approximate surface area is 135 Å². The van der Waals surface area contributed by atoms with Crippen LogP contribution in [-0.4, -0.2) is 27.7 Å². The third-order valence-electron chi connectivity index (χ3n) is 3.92. The molecule has 1 aromatic heterocycles. The summed E-state index contributed by atoms with van der Waals surface area (Å²) in [6.07, 6.45) is 11.1. The molecule has 0 saturated heterocycles. The summed E-state index contributed by atoms with van der Waals surface area (Å²) < 4.78 is 0. The van der Waals surface area contributed by atoms with E-state index in [1.807, 2.05) is 6.08 Å². The van der Waals surface area contributed by atoms with E-state index in [4.69, 9.17) is 0 Å². The van der Waals surface area contributed by atoms with Gasteiger partial charge in [-0.2, -0.15) is 0 Å². The molecular weight excluding hydrogens is 296 g/mol. The lowest BCUT2D eigenvalue weighted by Gasteiger charge is -2.21. The molecule has 1 saturated carbocycles. The van der Waals surface area contributed by atoms with Gasteiger partial charge in [-0.3, -0.25) is 4.79 Å². The number of aromatic nitrogens is 2. The second-order valence-electron chi connectivity index (χ2n) is 5.76. The molecule has 0 radical (unpaired) electrons. The van der Waals surface area contributed by atoms with Gasteiger partial charge in [-0.05, 0) is 25.3 Å². The van der Waals surface area contributed by atoms with Crippen molar-refractivity contribution in [2.75, 3.05) is 16.4 Å². The van der Waals surface area contributed by atoms with Crippen LogP contribution in [0.5, 0.6) is 0 Å². The van der Waals surface area contributed by atoms with Crippen molar-refractivity contribution < 1.29 is 4.79 Å². The molecule has 118 valence electrons. The summed E-state index contributed by atoms with van der Waals surface area (Å²) in [6.45, 7) is 2.15. The van der Waals surface area contributed by atoms with E-state index < -0.39 is 0 Å². The minimum atomic E-state index is 0.0184. The van der Waals surface area contributed by atoms with E-state index in [0.29, 0.717) is 11.8 Å². The van der Waals surface area contributed by atoms with Gasteiger partial charge in [0.25, 0.3) is 0 Å². The highest BCUT2D eigenvalue weighted by Crippen LogP contribution is 2.36. The fourth-order valence-corrected chi connectivity index (χ4v) is 3.57. The maximum absolute atomic E-state index is 11.7. The Hall–Kier alpha value is -1.56. The SMILES string of the molecule is CCC/C=C/c1nc(NC2CCCC2)c2c(n1)SCC(=O)N2. The fourth-order valence-electron chi connectivity index (χ4n) is 2.78. The monoisotopic (exact) mass is 318 g/mol. The number of nitrogens with one attached hydrogen (secondary N) is 2. The van der Waals surface area contributed by atoms with Gasteiger partial charge < -0.3 is 10.6 Å². The number of carbonyl (C=O) groups excluding carboxylic acids is 1. The van der Waals surface area contributed by atoms with Gasteiger partial charge in [-0.1, -0.05) is 44.0 Å². The number of hydrogen-bond donors (Lipinski definition) is 2. The largest absolute Gasteiger partial charge is 0.365 e. The number of rotatable bonds is 5. The van der Waals surface area contributed by atoms with Crippen LogP contribution >= 0.6 is 11.8 Å². The zero-order valence-corrected chi connectivity index (χ0v) is 13.7. The van der Waals surface area contributed by atoms with Crippen LogP contribution in [-0.2, 0) is 4.79 Å². The number of hydrogen-bond acceptors (Lipinski definition) is 5. The molecule has 6 heteroatoms. The summed E-state index contributed by atoms with van der Waals surface area (Å²) in [6, 6.07) is 0.454. The van der Waals surface area contributed by atoms with E-state index >= 15 is 0 Å². The summed E-state index contributed by atoms with van der Waals surface area (Å²) in [4.78, 5) is 20.9. The number of nitrogens with zero attached hydrogens (tertiary/aromatic N) is 2. The lowest BCUT2D eigenvalue weighted by Crippen LogP contribution is -2.24. The molecule has 22 heavy (non-hydrogen) atoms. The average Bonchev–Trinajstić information content (AvgIpc) is 3.01. The lowest BCUT2D eigenvalue weighted by atomic mass is 10.2. The maximum atomic E-state index is 11.7. The van der Waals surface area contributed by atoms with E-state index in [0.717, 1.165) is 35.2 Å².